The fraction of sp³-hybridized carbons (Fsp3) is 0.368. The molecule has 0 radical (unpaired) electrons. The number of aryl methyl sites for hydroxylation is 3. The van der Waals surface area contributed by atoms with Gasteiger partial charge in [0.05, 0.1) is 12.8 Å². The van der Waals surface area contributed by atoms with Crippen LogP contribution in [0, 0.1) is 13.8 Å². The first-order valence-corrected chi connectivity index (χ1v) is 9.45. The summed E-state index contributed by atoms with van der Waals surface area (Å²) in [6, 6.07) is 5.18. The summed E-state index contributed by atoms with van der Waals surface area (Å²) in [6.07, 6.45) is 1.93. The minimum atomic E-state index is -0.491. The van der Waals surface area contributed by atoms with E-state index >= 15 is 0 Å². The van der Waals surface area contributed by atoms with E-state index in [4.69, 9.17) is 21.1 Å². The highest BCUT2D eigenvalue weighted by molar-refractivity contribution is 7.14. The number of methoxy groups -OCH3 is 1. The highest BCUT2D eigenvalue weighted by Gasteiger charge is 2.16. The predicted molar refractivity (Wildman–Crippen MR) is 105 cm³/mol. The number of carbonyl (C=O) groups is 2. The van der Waals surface area contributed by atoms with E-state index in [-0.39, 0.29) is 6.61 Å². The van der Waals surface area contributed by atoms with Crippen molar-refractivity contribution in [2.75, 3.05) is 19.0 Å². The quantitative estimate of drug-likeness (QED) is 0.685. The summed E-state index contributed by atoms with van der Waals surface area (Å²) in [7, 11) is 1.49. The Kier molecular flexibility index (Phi) is 7.06. The third-order valence-electron chi connectivity index (χ3n) is 3.83. The number of esters is 1. The fourth-order valence-electron chi connectivity index (χ4n) is 2.46. The number of anilines is 1. The maximum absolute atomic E-state index is 12.2. The molecule has 0 saturated carbocycles. The SMILES string of the molecule is CCCc1cc(C(=O)OCC(=O)Nc2cc(C)c(Cl)cc2OC)sc1C. The van der Waals surface area contributed by atoms with Gasteiger partial charge in [0.25, 0.3) is 5.91 Å². The summed E-state index contributed by atoms with van der Waals surface area (Å²) in [5.74, 6) is -0.492. The number of thiophene rings is 1. The molecule has 1 amide bonds. The van der Waals surface area contributed by atoms with Gasteiger partial charge in [0.15, 0.2) is 6.61 Å². The van der Waals surface area contributed by atoms with Crippen LogP contribution in [0.4, 0.5) is 5.69 Å². The lowest BCUT2D eigenvalue weighted by molar-refractivity contribution is -0.119. The molecule has 2 aromatic rings. The zero-order chi connectivity index (χ0) is 19.3. The monoisotopic (exact) mass is 395 g/mol. The van der Waals surface area contributed by atoms with Gasteiger partial charge in [-0.1, -0.05) is 24.9 Å². The fourth-order valence-corrected chi connectivity index (χ4v) is 3.58. The van der Waals surface area contributed by atoms with E-state index in [1.54, 1.807) is 12.1 Å². The second-order valence-corrected chi connectivity index (χ2v) is 7.53. The molecule has 1 aromatic heterocycles. The topological polar surface area (TPSA) is 64.6 Å². The third kappa shape index (κ3) is 4.99. The van der Waals surface area contributed by atoms with E-state index in [2.05, 4.69) is 12.2 Å². The number of amides is 1. The van der Waals surface area contributed by atoms with Crippen LogP contribution < -0.4 is 10.1 Å². The van der Waals surface area contributed by atoms with Crippen LogP contribution >= 0.6 is 22.9 Å². The van der Waals surface area contributed by atoms with Crippen LogP contribution in [-0.4, -0.2) is 25.6 Å². The van der Waals surface area contributed by atoms with E-state index in [0.717, 1.165) is 28.8 Å². The molecule has 0 aliphatic carbocycles. The highest BCUT2D eigenvalue weighted by Crippen LogP contribution is 2.31. The normalized spacial score (nSPS) is 10.5. The Morgan fingerprint density at radius 1 is 1.23 bits per heavy atom. The first-order valence-electron chi connectivity index (χ1n) is 8.26. The van der Waals surface area contributed by atoms with Crippen molar-refractivity contribution >= 4 is 40.5 Å². The first kappa shape index (κ1) is 20.3. The Morgan fingerprint density at radius 2 is 1.96 bits per heavy atom. The second kappa shape index (κ2) is 9.05. The lowest BCUT2D eigenvalue weighted by Gasteiger charge is -2.12. The zero-order valence-corrected chi connectivity index (χ0v) is 16.8. The standard InChI is InChI=1S/C19H22ClNO4S/c1-5-6-13-8-17(26-12(13)3)19(23)25-10-18(22)21-15-7-11(2)14(20)9-16(15)24-4/h7-9H,5-6,10H2,1-4H3,(H,21,22). The van der Waals surface area contributed by atoms with Crippen LogP contribution in [0.15, 0.2) is 18.2 Å². The third-order valence-corrected chi connectivity index (χ3v) is 5.31. The minimum Gasteiger partial charge on any atom is -0.495 e. The summed E-state index contributed by atoms with van der Waals surface area (Å²) in [5.41, 5.74) is 2.43. The summed E-state index contributed by atoms with van der Waals surface area (Å²) in [6.45, 7) is 5.52. The van der Waals surface area contributed by atoms with E-state index < -0.39 is 11.9 Å². The molecule has 0 bridgehead atoms. The van der Waals surface area contributed by atoms with Gasteiger partial charge in [-0.15, -0.1) is 11.3 Å². The molecule has 0 atom stereocenters. The van der Waals surface area contributed by atoms with Gasteiger partial charge in [0, 0.05) is 16.0 Å². The van der Waals surface area contributed by atoms with Crippen molar-refractivity contribution in [3.8, 4) is 5.75 Å². The summed E-state index contributed by atoms with van der Waals surface area (Å²) >= 11 is 7.43. The molecule has 140 valence electrons. The van der Waals surface area contributed by atoms with E-state index in [1.165, 1.54) is 18.4 Å². The highest BCUT2D eigenvalue weighted by atomic mass is 35.5. The number of hydrogen-bond donors (Lipinski definition) is 1. The number of halogens is 1. The van der Waals surface area contributed by atoms with Gasteiger partial charge in [-0.05, 0) is 43.5 Å². The first-order chi connectivity index (χ1) is 12.3. The number of nitrogens with one attached hydrogen (secondary N) is 1. The second-order valence-electron chi connectivity index (χ2n) is 5.87. The maximum Gasteiger partial charge on any atom is 0.348 e. The molecule has 0 spiro atoms. The van der Waals surface area contributed by atoms with Crippen LogP contribution in [0.2, 0.25) is 5.02 Å². The molecular formula is C19H22ClNO4S. The number of benzene rings is 1. The molecule has 0 aliphatic heterocycles. The zero-order valence-electron chi connectivity index (χ0n) is 15.3. The number of hydrogen-bond acceptors (Lipinski definition) is 5. The van der Waals surface area contributed by atoms with Crippen LogP contribution in [-0.2, 0) is 16.0 Å². The average Bonchev–Trinajstić information content (AvgIpc) is 2.97. The molecule has 1 heterocycles. The number of carbonyl (C=O) groups excluding carboxylic acids is 2. The number of rotatable bonds is 7. The van der Waals surface area contributed by atoms with Gasteiger partial charge in [-0.25, -0.2) is 4.79 Å². The smallest absolute Gasteiger partial charge is 0.348 e. The van der Waals surface area contributed by atoms with Crippen molar-refractivity contribution in [2.24, 2.45) is 0 Å². The van der Waals surface area contributed by atoms with E-state index in [0.29, 0.717) is 21.3 Å². The van der Waals surface area contributed by atoms with Gasteiger partial charge >= 0.3 is 5.97 Å². The van der Waals surface area contributed by atoms with Crippen LogP contribution in [0.1, 0.15) is 39.0 Å². The molecule has 2 rings (SSSR count). The molecule has 1 N–H and O–H groups in total. The largest absolute Gasteiger partial charge is 0.495 e. The Hall–Kier alpha value is -2.05. The van der Waals surface area contributed by atoms with Gasteiger partial charge in [-0.2, -0.15) is 0 Å². The minimum absolute atomic E-state index is 0.371. The van der Waals surface area contributed by atoms with Gasteiger partial charge in [-0.3, -0.25) is 4.79 Å². The molecule has 0 saturated heterocycles. The number of ether oxygens (including phenoxy) is 2. The lowest BCUT2D eigenvalue weighted by Crippen LogP contribution is -2.21. The van der Waals surface area contributed by atoms with Gasteiger partial charge in [0.2, 0.25) is 0 Å². The van der Waals surface area contributed by atoms with Crippen molar-refractivity contribution in [1.29, 1.82) is 0 Å². The summed E-state index contributed by atoms with van der Waals surface area (Å²) in [5, 5.41) is 3.22. The van der Waals surface area contributed by atoms with Crippen LogP contribution in [0.25, 0.3) is 0 Å². The molecule has 0 fully saturated rings. The Balaban J connectivity index is 1.97. The Morgan fingerprint density at radius 3 is 2.62 bits per heavy atom. The summed E-state index contributed by atoms with van der Waals surface area (Å²) in [4.78, 5) is 25.9. The Labute approximate surface area is 162 Å². The Bertz CT molecular complexity index is 816. The van der Waals surface area contributed by atoms with E-state index in [1.807, 2.05) is 19.9 Å². The van der Waals surface area contributed by atoms with E-state index in [9.17, 15) is 9.59 Å². The molecule has 0 unspecified atom stereocenters. The maximum atomic E-state index is 12.2. The molecule has 5 nitrogen and oxygen atoms in total. The van der Waals surface area contributed by atoms with Crippen molar-refractivity contribution in [3.05, 3.63) is 44.1 Å². The van der Waals surface area contributed by atoms with Gasteiger partial charge < -0.3 is 14.8 Å². The summed E-state index contributed by atoms with van der Waals surface area (Å²) < 4.78 is 10.3. The van der Waals surface area contributed by atoms with Crippen LogP contribution in [0.3, 0.4) is 0 Å². The van der Waals surface area contributed by atoms with Crippen molar-refractivity contribution in [2.45, 2.75) is 33.6 Å². The molecule has 7 heteroatoms. The van der Waals surface area contributed by atoms with Crippen LogP contribution in [0.5, 0.6) is 5.75 Å². The molecular weight excluding hydrogens is 374 g/mol. The molecule has 26 heavy (non-hydrogen) atoms. The van der Waals surface area contributed by atoms with Crippen molar-refractivity contribution in [3.63, 3.8) is 0 Å². The molecule has 1 aromatic carbocycles. The van der Waals surface area contributed by atoms with Gasteiger partial charge in [0.1, 0.15) is 10.6 Å². The average molecular weight is 396 g/mol. The molecule has 0 aliphatic rings. The predicted octanol–water partition coefficient (Wildman–Crippen LogP) is 4.77. The lowest BCUT2D eigenvalue weighted by atomic mass is 10.1. The van der Waals surface area contributed by atoms with Crippen molar-refractivity contribution in [1.82, 2.24) is 0 Å². The van der Waals surface area contributed by atoms with Crippen molar-refractivity contribution < 1.29 is 19.1 Å².